The van der Waals surface area contributed by atoms with E-state index in [1.54, 1.807) is 0 Å². The maximum atomic E-state index is 11.2. The van der Waals surface area contributed by atoms with Crippen molar-refractivity contribution < 1.29 is 23.1 Å². The number of aliphatic carboxylic acids is 1. The molecular formula is C10H13N3O5S. The van der Waals surface area contributed by atoms with Crippen molar-refractivity contribution in [1.82, 2.24) is 5.32 Å². The summed E-state index contributed by atoms with van der Waals surface area (Å²) in [6.07, 6.45) is 1.03. The van der Waals surface area contributed by atoms with Crippen LogP contribution in [0.5, 0.6) is 0 Å². The minimum absolute atomic E-state index is 0.360. The van der Waals surface area contributed by atoms with Crippen LogP contribution in [-0.2, 0) is 14.8 Å². The highest BCUT2D eigenvalue weighted by molar-refractivity contribution is 7.92. The van der Waals surface area contributed by atoms with Crippen LogP contribution in [0.15, 0.2) is 24.3 Å². The van der Waals surface area contributed by atoms with Gasteiger partial charge in [0.1, 0.15) is 6.54 Å². The van der Waals surface area contributed by atoms with Gasteiger partial charge in [-0.05, 0) is 24.3 Å². The molecule has 0 spiro atoms. The number of carbonyl (C=O) groups excluding carboxylic acids is 1. The van der Waals surface area contributed by atoms with E-state index < -0.39 is 28.6 Å². The lowest BCUT2D eigenvalue weighted by molar-refractivity contribution is -0.135. The summed E-state index contributed by atoms with van der Waals surface area (Å²) in [6.45, 7) is -0.487. The number of anilines is 2. The second-order valence-electron chi connectivity index (χ2n) is 3.65. The van der Waals surface area contributed by atoms with Crippen molar-refractivity contribution in [2.45, 2.75) is 0 Å². The maximum Gasteiger partial charge on any atom is 0.323 e. The molecule has 0 atom stereocenters. The number of hydrogen-bond donors (Lipinski definition) is 4. The van der Waals surface area contributed by atoms with Crippen molar-refractivity contribution in [2.75, 3.05) is 22.8 Å². The number of sulfonamides is 1. The van der Waals surface area contributed by atoms with Gasteiger partial charge in [-0.3, -0.25) is 9.52 Å². The van der Waals surface area contributed by atoms with Crippen molar-refractivity contribution in [2.24, 2.45) is 0 Å². The van der Waals surface area contributed by atoms with Crippen LogP contribution in [-0.4, -0.2) is 38.3 Å². The number of amides is 2. The van der Waals surface area contributed by atoms with E-state index in [0.29, 0.717) is 11.4 Å². The monoisotopic (exact) mass is 287 g/mol. The molecular weight excluding hydrogens is 274 g/mol. The third-order valence-corrected chi connectivity index (χ3v) is 2.45. The molecule has 4 N–H and O–H groups in total. The number of hydrogen-bond acceptors (Lipinski definition) is 4. The Bertz CT molecular complexity index is 567. The molecule has 0 unspecified atom stereocenters. The van der Waals surface area contributed by atoms with Gasteiger partial charge in [-0.1, -0.05) is 0 Å². The van der Waals surface area contributed by atoms with Gasteiger partial charge in [0.2, 0.25) is 10.0 Å². The van der Waals surface area contributed by atoms with E-state index in [0.717, 1.165) is 6.26 Å². The van der Waals surface area contributed by atoms with Crippen molar-refractivity contribution in [3.63, 3.8) is 0 Å². The number of carbonyl (C=O) groups is 2. The van der Waals surface area contributed by atoms with E-state index in [1.807, 2.05) is 0 Å². The standard InChI is InChI=1S/C10H13N3O5S/c1-19(17,18)13-8-4-2-7(3-5-8)12-10(16)11-6-9(14)15/h2-5,13H,6H2,1H3,(H,14,15)(H2,11,12,16). The molecule has 0 aromatic heterocycles. The molecule has 2 amide bonds. The molecule has 1 rings (SSSR count). The first-order chi connectivity index (χ1) is 8.76. The second kappa shape index (κ2) is 6.05. The van der Waals surface area contributed by atoms with E-state index in [1.165, 1.54) is 24.3 Å². The SMILES string of the molecule is CS(=O)(=O)Nc1ccc(NC(=O)NCC(=O)O)cc1. The van der Waals surface area contributed by atoms with Gasteiger partial charge in [-0.2, -0.15) is 0 Å². The van der Waals surface area contributed by atoms with Crippen LogP contribution < -0.4 is 15.4 Å². The van der Waals surface area contributed by atoms with Gasteiger partial charge in [-0.15, -0.1) is 0 Å². The Morgan fingerprint density at radius 1 is 1.16 bits per heavy atom. The lowest BCUT2D eigenvalue weighted by atomic mass is 10.3. The Hall–Kier alpha value is -2.29. The Morgan fingerprint density at radius 3 is 2.16 bits per heavy atom. The van der Waals surface area contributed by atoms with Gasteiger partial charge in [-0.25, -0.2) is 13.2 Å². The zero-order valence-electron chi connectivity index (χ0n) is 10.0. The molecule has 0 radical (unpaired) electrons. The number of nitrogens with one attached hydrogen (secondary N) is 3. The minimum atomic E-state index is -3.35. The molecule has 0 fully saturated rings. The lowest BCUT2D eigenvalue weighted by Crippen LogP contribution is -2.33. The third-order valence-electron chi connectivity index (χ3n) is 1.85. The van der Waals surface area contributed by atoms with Crippen LogP contribution in [0.2, 0.25) is 0 Å². The Balaban J connectivity index is 2.57. The van der Waals surface area contributed by atoms with E-state index in [2.05, 4.69) is 15.4 Å². The minimum Gasteiger partial charge on any atom is -0.480 e. The Morgan fingerprint density at radius 2 is 1.68 bits per heavy atom. The van der Waals surface area contributed by atoms with E-state index >= 15 is 0 Å². The summed E-state index contributed by atoms with van der Waals surface area (Å²) >= 11 is 0. The van der Waals surface area contributed by atoms with E-state index in [-0.39, 0.29) is 0 Å². The highest BCUT2D eigenvalue weighted by atomic mass is 32.2. The number of urea groups is 1. The topological polar surface area (TPSA) is 125 Å². The van der Waals surface area contributed by atoms with Crippen LogP contribution >= 0.6 is 0 Å². The van der Waals surface area contributed by atoms with Gasteiger partial charge < -0.3 is 15.7 Å². The van der Waals surface area contributed by atoms with E-state index in [9.17, 15) is 18.0 Å². The van der Waals surface area contributed by atoms with Gasteiger partial charge in [0.25, 0.3) is 0 Å². The fourth-order valence-electron chi connectivity index (χ4n) is 1.17. The number of benzene rings is 1. The molecule has 104 valence electrons. The maximum absolute atomic E-state index is 11.2. The molecule has 0 aliphatic carbocycles. The third kappa shape index (κ3) is 6.27. The van der Waals surface area contributed by atoms with Crippen molar-refractivity contribution in [3.05, 3.63) is 24.3 Å². The van der Waals surface area contributed by atoms with Crippen molar-refractivity contribution in [3.8, 4) is 0 Å². The molecule has 19 heavy (non-hydrogen) atoms. The zero-order chi connectivity index (χ0) is 14.5. The normalized spacial score (nSPS) is 10.6. The number of carboxylic acids is 1. The molecule has 0 aliphatic rings. The Kier molecular flexibility index (Phi) is 4.70. The smallest absolute Gasteiger partial charge is 0.323 e. The average Bonchev–Trinajstić information content (AvgIpc) is 2.27. The van der Waals surface area contributed by atoms with Crippen LogP contribution in [0.25, 0.3) is 0 Å². The highest BCUT2D eigenvalue weighted by Crippen LogP contribution is 2.14. The van der Waals surface area contributed by atoms with Crippen LogP contribution in [0.4, 0.5) is 16.2 Å². The second-order valence-corrected chi connectivity index (χ2v) is 5.40. The summed E-state index contributed by atoms with van der Waals surface area (Å²) in [4.78, 5) is 21.5. The van der Waals surface area contributed by atoms with Crippen LogP contribution in [0, 0.1) is 0 Å². The van der Waals surface area contributed by atoms with Gasteiger partial charge in [0.15, 0.2) is 0 Å². The predicted molar refractivity (Wildman–Crippen MR) is 69.6 cm³/mol. The van der Waals surface area contributed by atoms with Gasteiger partial charge in [0.05, 0.1) is 6.26 Å². The molecule has 0 heterocycles. The van der Waals surface area contributed by atoms with Crippen molar-refractivity contribution >= 4 is 33.4 Å². The summed E-state index contributed by atoms with van der Waals surface area (Å²) in [5.41, 5.74) is 0.765. The fraction of sp³-hybridized carbons (Fsp3) is 0.200. The first-order valence-electron chi connectivity index (χ1n) is 5.11. The fourth-order valence-corrected chi connectivity index (χ4v) is 1.73. The molecule has 0 bridgehead atoms. The summed E-state index contributed by atoms with van der Waals surface area (Å²) < 4.78 is 24.2. The zero-order valence-corrected chi connectivity index (χ0v) is 10.8. The van der Waals surface area contributed by atoms with Gasteiger partial charge in [0, 0.05) is 11.4 Å². The van der Waals surface area contributed by atoms with Crippen LogP contribution in [0.1, 0.15) is 0 Å². The molecule has 9 heteroatoms. The number of carboxylic acid groups (broad SMARTS) is 1. The summed E-state index contributed by atoms with van der Waals surface area (Å²) in [5.74, 6) is -1.15. The van der Waals surface area contributed by atoms with Crippen LogP contribution in [0.3, 0.4) is 0 Å². The molecule has 0 aliphatic heterocycles. The molecule has 0 saturated carbocycles. The molecule has 1 aromatic carbocycles. The van der Waals surface area contributed by atoms with Crippen molar-refractivity contribution in [1.29, 1.82) is 0 Å². The molecule has 0 saturated heterocycles. The lowest BCUT2D eigenvalue weighted by Gasteiger charge is -2.07. The van der Waals surface area contributed by atoms with E-state index in [4.69, 9.17) is 5.11 Å². The average molecular weight is 287 g/mol. The largest absolute Gasteiger partial charge is 0.480 e. The molecule has 8 nitrogen and oxygen atoms in total. The highest BCUT2D eigenvalue weighted by Gasteiger charge is 2.05. The quantitative estimate of drug-likeness (QED) is 0.618. The summed E-state index contributed by atoms with van der Waals surface area (Å²) in [5, 5.41) is 12.9. The van der Waals surface area contributed by atoms with Gasteiger partial charge >= 0.3 is 12.0 Å². The number of rotatable bonds is 5. The first kappa shape index (κ1) is 14.8. The Labute approximate surface area is 109 Å². The molecule has 1 aromatic rings. The summed E-state index contributed by atoms with van der Waals surface area (Å²) in [7, 11) is -3.35. The predicted octanol–water partition coefficient (Wildman–Crippen LogP) is 0.264. The summed E-state index contributed by atoms with van der Waals surface area (Å²) in [6, 6.07) is 5.23. The first-order valence-corrected chi connectivity index (χ1v) is 7.00.